The molecule has 0 aliphatic carbocycles. The van der Waals surface area contributed by atoms with Crippen molar-refractivity contribution >= 4 is 38.7 Å². The van der Waals surface area contributed by atoms with Crippen LogP contribution < -0.4 is 15.6 Å². The Morgan fingerprint density at radius 3 is 1.44 bits per heavy atom. The van der Waals surface area contributed by atoms with Gasteiger partial charge in [-0.2, -0.15) is 4.73 Å². The van der Waals surface area contributed by atoms with E-state index in [1.54, 1.807) is 24.4 Å². The smallest absolute Gasteiger partial charge is 0.248 e. The maximum Gasteiger partial charge on any atom is 0.248 e. The second kappa shape index (κ2) is 20.6. The summed E-state index contributed by atoms with van der Waals surface area (Å²) in [7, 11) is 0. The van der Waals surface area contributed by atoms with E-state index in [0.29, 0.717) is 5.75 Å². The summed E-state index contributed by atoms with van der Waals surface area (Å²) in [4.78, 5) is 14.4. The van der Waals surface area contributed by atoms with E-state index in [4.69, 9.17) is 0 Å². The van der Waals surface area contributed by atoms with E-state index in [1.807, 2.05) is 30.5 Å². The number of hydrogen-bond donors (Lipinski definition) is 3. The zero-order chi connectivity index (χ0) is 54.3. The van der Waals surface area contributed by atoms with Gasteiger partial charge in [-0.05, 0) is 171 Å². The largest absolute Gasteiger partial charge is 0.618 e. The number of pyridine rings is 2. The number of phenolic OH excluding ortho intramolecular Hbond substituents is 1. The number of aryl methyl sites for hydroxylation is 1. The zero-order valence-electron chi connectivity index (χ0n) is 48.3. The standard InChI is InChI=1S/C18H24O.2C17H23NO.C14H19N/c1-17(2,3)15-10-12-7-8-14(19)9-13(12)11-16(15)18(4,5)6;1-16(2,3)12-9-11-7-8-15(19)18-14(11)10-13(12)17(4,5)6;1-16(2,3)13-10-12-8-7-9-18(19)15(12)11-14(13)17(4,5)6;1-10-7-12-9-15-6-5-11(12)8-13(10)14(2,3)4/h7-11,19H,1-6H3;7-10H,1-6H3,(H,18,19);7-11H,1-6H3;5-8,15H,9H2,1-4H3. The van der Waals surface area contributed by atoms with Crippen LogP contribution in [0.3, 0.4) is 0 Å². The van der Waals surface area contributed by atoms with Crippen LogP contribution >= 0.6 is 0 Å². The minimum Gasteiger partial charge on any atom is -0.618 e. The molecule has 2 aromatic heterocycles. The third kappa shape index (κ3) is 14.0. The number of nitrogens with one attached hydrogen (secondary N) is 2. The fraction of sp³-hybridized carbons (Fsp3) is 0.455. The topological polar surface area (TPSA) is 92.1 Å². The third-order valence-electron chi connectivity index (χ3n) is 13.5. The van der Waals surface area contributed by atoms with Crippen molar-refractivity contribution < 1.29 is 9.84 Å². The van der Waals surface area contributed by atoms with Crippen molar-refractivity contribution in [2.24, 2.45) is 0 Å². The van der Waals surface area contributed by atoms with Gasteiger partial charge in [0.2, 0.25) is 11.1 Å². The molecular formula is C66H89N3O3. The van der Waals surface area contributed by atoms with Crippen molar-refractivity contribution in [2.75, 3.05) is 0 Å². The molecule has 0 saturated carbocycles. The molecule has 5 aromatic carbocycles. The van der Waals surface area contributed by atoms with E-state index < -0.39 is 0 Å². The Balaban J connectivity index is 0.000000179. The number of aromatic hydroxyl groups is 1. The van der Waals surface area contributed by atoms with Gasteiger partial charge >= 0.3 is 0 Å². The van der Waals surface area contributed by atoms with Crippen LogP contribution in [0.15, 0.2) is 108 Å². The first-order valence-electron chi connectivity index (χ1n) is 25.9. The molecule has 0 unspecified atom stereocenters. The molecule has 0 saturated heterocycles. The Kier molecular flexibility index (Phi) is 16.3. The first-order valence-corrected chi connectivity index (χ1v) is 25.9. The van der Waals surface area contributed by atoms with E-state index >= 15 is 0 Å². The Hall–Kier alpha value is -5.88. The summed E-state index contributed by atoms with van der Waals surface area (Å²) in [5, 5.41) is 29.2. The highest BCUT2D eigenvalue weighted by Gasteiger charge is 2.29. The lowest BCUT2D eigenvalue weighted by atomic mass is 9.74. The molecular weight excluding hydrogens is 883 g/mol. The molecule has 0 amide bonds. The number of H-pyrrole nitrogens is 1. The maximum absolute atomic E-state index is 11.9. The van der Waals surface area contributed by atoms with Crippen LogP contribution in [0.4, 0.5) is 0 Å². The highest BCUT2D eigenvalue weighted by atomic mass is 16.5. The SMILES string of the molecule is CC(C)(C)c1cc2ccc(=O)[nH]c2cc1C(C)(C)C.CC(C)(C)c1cc2ccc(O)cc2cc1C(C)(C)C.CC(C)(C)c1cc2ccc[n+]([O-])c2cc1C(C)(C)C.Cc1cc2c(cc1C(C)(C)C)C=CNC2. The summed E-state index contributed by atoms with van der Waals surface area (Å²) >= 11 is 0. The molecule has 0 spiro atoms. The van der Waals surface area contributed by atoms with Gasteiger partial charge in [0.05, 0.1) is 0 Å². The molecule has 7 aromatic rings. The van der Waals surface area contributed by atoms with Gasteiger partial charge in [0.25, 0.3) is 0 Å². The van der Waals surface area contributed by atoms with Crippen molar-refractivity contribution in [1.82, 2.24) is 10.3 Å². The second-order valence-electron chi connectivity index (χ2n) is 27.4. The minimum absolute atomic E-state index is 0.0274. The second-order valence-corrected chi connectivity index (χ2v) is 27.4. The van der Waals surface area contributed by atoms with E-state index in [2.05, 4.69) is 217 Å². The highest BCUT2D eigenvalue weighted by molar-refractivity contribution is 5.86. The van der Waals surface area contributed by atoms with E-state index in [0.717, 1.165) is 38.5 Å². The van der Waals surface area contributed by atoms with Crippen molar-refractivity contribution in [3.8, 4) is 5.75 Å². The number of fused-ring (bicyclic) bond motifs is 4. The van der Waals surface area contributed by atoms with Crippen molar-refractivity contribution in [3.63, 3.8) is 0 Å². The quantitative estimate of drug-likeness (QED) is 0.104. The van der Waals surface area contributed by atoms with E-state index in [1.165, 1.54) is 61.0 Å². The number of rotatable bonds is 0. The van der Waals surface area contributed by atoms with Crippen LogP contribution in [0.2, 0.25) is 0 Å². The predicted molar refractivity (Wildman–Crippen MR) is 311 cm³/mol. The molecule has 8 rings (SSSR count). The van der Waals surface area contributed by atoms with Gasteiger partial charge in [0.1, 0.15) is 5.75 Å². The van der Waals surface area contributed by atoms with Gasteiger partial charge in [-0.15, -0.1) is 0 Å². The first-order chi connectivity index (χ1) is 32.8. The molecule has 386 valence electrons. The molecule has 0 radical (unpaired) electrons. The molecule has 72 heavy (non-hydrogen) atoms. The zero-order valence-corrected chi connectivity index (χ0v) is 48.3. The monoisotopic (exact) mass is 972 g/mol. The molecule has 6 nitrogen and oxygen atoms in total. The molecule has 1 aliphatic heterocycles. The van der Waals surface area contributed by atoms with Crippen LogP contribution in [-0.2, 0) is 44.4 Å². The number of nitrogens with zero attached hydrogens (tertiary/aromatic N) is 1. The van der Waals surface area contributed by atoms with Crippen LogP contribution in [0, 0.1) is 12.1 Å². The average molecular weight is 972 g/mol. The Bertz CT molecular complexity index is 3130. The first kappa shape index (κ1) is 57.0. The van der Waals surface area contributed by atoms with Gasteiger partial charge < -0.3 is 20.6 Å². The number of aromatic nitrogens is 2. The Labute approximate surface area is 434 Å². The summed E-state index contributed by atoms with van der Waals surface area (Å²) in [6, 6.07) is 30.6. The summed E-state index contributed by atoms with van der Waals surface area (Å²) in [6.45, 7) is 50.0. The highest BCUT2D eigenvalue weighted by Crippen LogP contribution is 2.39. The van der Waals surface area contributed by atoms with Gasteiger partial charge in [-0.3, -0.25) is 4.79 Å². The van der Waals surface area contributed by atoms with Gasteiger partial charge in [0, 0.05) is 35.6 Å². The molecule has 3 N–H and O–H groups in total. The van der Waals surface area contributed by atoms with E-state index in [-0.39, 0.29) is 43.5 Å². The fourth-order valence-electron chi connectivity index (χ4n) is 9.66. The predicted octanol–water partition coefficient (Wildman–Crippen LogP) is 16.7. The number of phenols is 1. The number of aromatic amines is 1. The molecule has 0 atom stereocenters. The van der Waals surface area contributed by atoms with Crippen LogP contribution in [-0.4, -0.2) is 10.1 Å². The van der Waals surface area contributed by atoms with Crippen LogP contribution in [0.5, 0.6) is 5.75 Å². The summed E-state index contributed by atoms with van der Waals surface area (Å²) in [5.41, 5.74) is 15.9. The minimum atomic E-state index is -0.0455. The normalized spacial score (nSPS) is 13.3. The van der Waals surface area contributed by atoms with Crippen LogP contribution in [0.1, 0.15) is 201 Å². The van der Waals surface area contributed by atoms with Gasteiger partial charge in [-0.1, -0.05) is 176 Å². The Morgan fingerprint density at radius 1 is 0.486 bits per heavy atom. The number of benzene rings is 5. The maximum atomic E-state index is 11.9. The molecule has 3 heterocycles. The summed E-state index contributed by atoms with van der Waals surface area (Å²) in [5.74, 6) is 0.330. The van der Waals surface area contributed by atoms with Gasteiger partial charge in [-0.25, -0.2) is 0 Å². The van der Waals surface area contributed by atoms with Crippen LogP contribution in [0.25, 0.3) is 38.7 Å². The molecule has 0 bridgehead atoms. The summed E-state index contributed by atoms with van der Waals surface area (Å²) in [6.07, 6.45) is 5.75. The lowest BCUT2D eigenvalue weighted by molar-refractivity contribution is -0.577. The molecule has 0 fully saturated rings. The van der Waals surface area contributed by atoms with E-state index in [9.17, 15) is 15.1 Å². The fourth-order valence-corrected chi connectivity index (χ4v) is 9.66. The average Bonchev–Trinajstić information content (AvgIpc) is 3.23. The van der Waals surface area contributed by atoms with Gasteiger partial charge in [0.15, 0.2) is 6.20 Å². The number of hydrogen-bond acceptors (Lipinski definition) is 4. The lowest BCUT2D eigenvalue weighted by Crippen LogP contribution is -2.28. The molecule has 1 aliphatic rings. The molecule has 6 heteroatoms. The Morgan fingerprint density at radius 2 is 0.931 bits per heavy atom. The van der Waals surface area contributed by atoms with Crippen molar-refractivity contribution in [3.05, 3.63) is 175 Å². The third-order valence-corrected chi connectivity index (χ3v) is 13.5. The van der Waals surface area contributed by atoms with Crippen molar-refractivity contribution in [2.45, 2.75) is 197 Å². The summed E-state index contributed by atoms with van der Waals surface area (Å²) < 4.78 is 0.955. The van der Waals surface area contributed by atoms with Crippen molar-refractivity contribution in [1.29, 1.82) is 0 Å². The lowest BCUT2D eigenvalue weighted by Gasteiger charge is -2.30.